The van der Waals surface area contributed by atoms with Crippen LogP contribution >= 0.6 is 0 Å². The van der Waals surface area contributed by atoms with E-state index in [4.69, 9.17) is 10.00 Å². The Morgan fingerprint density at radius 1 is 1.04 bits per heavy atom. The molecular weight excluding hydrogens is 346 g/mol. The van der Waals surface area contributed by atoms with Crippen molar-refractivity contribution in [2.24, 2.45) is 11.8 Å². The Balaban J connectivity index is 1.29. The lowest BCUT2D eigenvalue weighted by Gasteiger charge is -2.08. The molecule has 0 saturated heterocycles. The molecule has 1 saturated carbocycles. The minimum absolute atomic E-state index is 0.226. The fraction of sp³-hybridized carbons (Fsp3) is 0.360. The van der Waals surface area contributed by atoms with Gasteiger partial charge in [-0.1, -0.05) is 50.1 Å². The van der Waals surface area contributed by atoms with E-state index in [1.165, 1.54) is 25.3 Å². The molecule has 0 heterocycles. The lowest BCUT2D eigenvalue weighted by molar-refractivity contribution is -0.116. The molecule has 0 N–H and O–H groups in total. The van der Waals surface area contributed by atoms with Crippen molar-refractivity contribution >= 4 is 5.78 Å². The summed E-state index contributed by atoms with van der Waals surface area (Å²) in [5.41, 5.74) is 2.88. The van der Waals surface area contributed by atoms with Crippen LogP contribution in [-0.2, 0) is 4.79 Å². The molecule has 3 nitrogen and oxygen atoms in total. The van der Waals surface area contributed by atoms with Crippen LogP contribution in [0.5, 0.6) is 5.75 Å². The number of nitrogens with zero attached hydrogens (tertiary/aromatic N) is 1. The number of benzene rings is 2. The van der Waals surface area contributed by atoms with Gasteiger partial charge in [0.05, 0.1) is 18.2 Å². The summed E-state index contributed by atoms with van der Waals surface area (Å²) < 4.78 is 5.84. The number of hydrogen-bond acceptors (Lipinski definition) is 3. The predicted octanol–water partition coefficient (Wildman–Crippen LogP) is 5.95. The van der Waals surface area contributed by atoms with Gasteiger partial charge in [-0.05, 0) is 66.6 Å². The van der Waals surface area contributed by atoms with Gasteiger partial charge in [-0.2, -0.15) is 5.26 Å². The lowest BCUT2D eigenvalue weighted by Crippen LogP contribution is -1.98. The Bertz CT molecular complexity index is 830. The zero-order chi connectivity index (χ0) is 19.8. The molecule has 3 heteroatoms. The number of carbonyl (C=O) groups excluding carboxylic acids is 1. The second kappa shape index (κ2) is 9.90. The van der Waals surface area contributed by atoms with Crippen molar-refractivity contribution in [1.82, 2.24) is 0 Å². The molecule has 0 bridgehead atoms. The molecule has 2 atom stereocenters. The highest BCUT2D eigenvalue weighted by Gasteiger charge is 2.40. The van der Waals surface area contributed by atoms with Crippen molar-refractivity contribution in [2.75, 3.05) is 6.61 Å². The molecule has 28 heavy (non-hydrogen) atoms. The number of allylic oxidation sites excluding steroid dienone is 1. The fourth-order valence-electron chi connectivity index (χ4n) is 3.60. The number of unbranched alkanes of at least 4 members (excludes halogenated alkanes) is 3. The molecule has 0 aromatic heterocycles. The highest BCUT2D eigenvalue weighted by Crippen LogP contribution is 2.43. The van der Waals surface area contributed by atoms with Crippen molar-refractivity contribution < 1.29 is 9.53 Å². The van der Waals surface area contributed by atoms with Gasteiger partial charge in [-0.15, -0.1) is 0 Å². The van der Waals surface area contributed by atoms with E-state index in [2.05, 4.69) is 12.6 Å². The standard InChI is InChI=1S/C25H27NO2/c1-2-25(27)24-17-22(24)7-5-3-4-6-16-28-23-14-12-21(13-15-23)20-10-8-19(18-26)9-11-20/h2,8-15,22,24H,1,3-7,16-17H2. The first kappa shape index (κ1) is 19.9. The van der Waals surface area contributed by atoms with Crippen LogP contribution in [0, 0.1) is 23.2 Å². The smallest absolute Gasteiger partial charge is 0.158 e. The first-order valence-electron chi connectivity index (χ1n) is 10.1. The van der Waals surface area contributed by atoms with Crippen molar-refractivity contribution in [2.45, 2.75) is 38.5 Å². The summed E-state index contributed by atoms with van der Waals surface area (Å²) >= 11 is 0. The van der Waals surface area contributed by atoms with Crippen LogP contribution in [0.1, 0.15) is 44.1 Å². The molecule has 3 rings (SSSR count). The summed E-state index contributed by atoms with van der Waals surface area (Å²) in [6, 6.07) is 17.8. The Morgan fingerprint density at radius 3 is 2.32 bits per heavy atom. The molecule has 2 aromatic rings. The maximum Gasteiger partial charge on any atom is 0.158 e. The molecule has 2 unspecified atom stereocenters. The largest absolute Gasteiger partial charge is 0.494 e. The van der Waals surface area contributed by atoms with Crippen molar-refractivity contribution in [3.05, 3.63) is 66.7 Å². The van der Waals surface area contributed by atoms with E-state index >= 15 is 0 Å². The Labute approximate surface area is 167 Å². The average Bonchev–Trinajstić information content (AvgIpc) is 3.52. The van der Waals surface area contributed by atoms with E-state index in [9.17, 15) is 4.79 Å². The Hall–Kier alpha value is -2.86. The summed E-state index contributed by atoms with van der Waals surface area (Å²) in [4.78, 5) is 11.5. The Kier molecular flexibility index (Phi) is 7.03. The number of hydrogen-bond donors (Lipinski definition) is 0. The molecule has 0 spiro atoms. The number of ketones is 1. The second-order valence-corrected chi connectivity index (χ2v) is 7.47. The highest BCUT2D eigenvalue weighted by atomic mass is 16.5. The highest BCUT2D eigenvalue weighted by molar-refractivity contribution is 5.93. The molecule has 0 aliphatic heterocycles. The molecule has 1 fully saturated rings. The maximum absolute atomic E-state index is 11.5. The zero-order valence-electron chi connectivity index (χ0n) is 16.3. The molecule has 1 aliphatic carbocycles. The summed E-state index contributed by atoms with van der Waals surface area (Å²) in [5, 5.41) is 8.87. The second-order valence-electron chi connectivity index (χ2n) is 7.47. The van der Waals surface area contributed by atoms with E-state index in [0.717, 1.165) is 42.7 Å². The molecule has 1 aliphatic rings. The van der Waals surface area contributed by atoms with Gasteiger partial charge in [0.25, 0.3) is 0 Å². The van der Waals surface area contributed by atoms with Gasteiger partial charge in [0.1, 0.15) is 5.75 Å². The number of ether oxygens (including phenoxy) is 1. The van der Waals surface area contributed by atoms with Crippen LogP contribution in [0.2, 0.25) is 0 Å². The first-order valence-corrected chi connectivity index (χ1v) is 10.1. The zero-order valence-corrected chi connectivity index (χ0v) is 16.3. The van der Waals surface area contributed by atoms with Crippen LogP contribution in [0.25, 0.3) is 11.1 Å². The summed E-state index contributed by atoms with van der Waals surface area (Å²) in [7, 11) is 0. The summed E-state index contributed by atoms with van der Waals surface area (Å²) in [6.45, 7) is 4.30. The van der Waals surface area contributed by atoms with Gasteiger partial charge >= 0.3 is 0 Å². The predicted molar refractivity (Wildman–Crippen MR) is 112 cm³/mol. The third-order valence-electron chi connectivity index (χ3n) is 5.43. The first-order chi connectivity index (χ1) is 13.7. The van der Waals surface area contributed by atoms with Crippen molar-refractivity contribution in [1.29, 1.82) is 5.26 Å². The minimum atomic E-state index is 0.226. The SMILES string of the molecule is C=CC(=O)C1CC1CCCCCCOc1ccc(-c2ccc(C#N)cc2)cc1. The van der Waals surface area contributed by atoms with E-state index in [1.807, 2.05) is 48.5 Å². The summed E-state index contributed by atoms with van der Waals surface area (Å²) in [5.74, 6) is 1.99. The number of nitriles is 1. The molecule has 0 amide bonds. The van der Waals surface area contributed by atoms with Crippen LogP contribution in [-0.4, -0.2) is 12.4 Å². The van der Waals surface area contributed by atoms with E-state index in [0.29, 0.717) is 11.5 Å². The monoisotopic (exact) mass is 373 g/mol. The van der Waals surface area contributed by atoms with Gasteiger partial charge in [0.2, 0.25) is 0 Å². The van der Waals surface area contributed by atoms with Gasteiger partial charge in [0, 0.05) is 5.92 Å². The summed E-state index contributed by atoms with van der Waals surface area (Å²) in [6.07, 6.45) is 8.32. The Morgan fingerprint density at radius 2 is 1.68 bits per heavy atom. The van der Waals surface area contributed by atoms with Crippen molar-refractivity contribution in [3.63, 3.8) is 0 Å². The average molecular weight is 373 g/mol. The third-order valence-corrected chi connectivity index (χ3v) is 5.43. The molecular formula is C25H27NO2. The van der Waals surface area contributed by atoms with Gasteiger partial charge in [0.15, 0.2) is 5.78 Å². The molecule has 0 radical (unpaired) electrons. The minimum Gasteiger partial charge on any atom is -0.494 e. The molecule has 144 valence electrons. The van der Waals surface area contributed by atoms with Crippen LogP contribution in [0.15, 0.2) is 61.2 Å². The van der Waals surface area contributed by atoms with Gasteiger partial charge < -0.3 is 4.74 Å². The van der Waals surface area contributed by atoms with E-state index in [-0.39, 0.29) is 11.7 Å². The lowest BCUT2D eigenvalue weighted by atomic mass is 10.0. The van der Waals surface area contributed by atoms with Crippen LogP contribution < -0.4 is 4.74 Å². The van der Waals surface area contributed by atoms with Crippen LogP contribution in [0.4, 0.5) is 0 Å². The van der Waals surface area contributed by atoms with Gasteiger partial charge in [-0.25, -0.2) is 0 Å². The quantitative estimate of drug-likeness (QED) is 0.361. The van der Waals surface area contributed by atoms with Gasteiger partial charge in [-0.3, -0.25) is 4.79 Å². The number of carbonyl (C=O) groups is 1. The number of rotatable bonds is 11. The fourth-order valence-corrected chi connectivity index (χ4v) is 3.60. The molecule has 2 aromatic carbocycles. The van der Waals surface area contributed by atoms with Crippen LogP contribution in [0.3, 0.4) is 0 Å². The third kappa shape index (κ3) is 5.57. The van der Waals surface area contributed by atoms with E-state index < -0.39 is 0 Å². The maximum atomic E-state index is 11.5. The van der Waals surface area contributed by atoms with E-state index in [1.54, 1.807) is 0 Å². The normalized spacial score (nSPS) is 17.5. The van der Waals surface area contributed by atoms with Crippen molar-refractivity contribution in [3.8, 4) is 22.9 Å². The topological polar surface area (TPSA) is 50.1 Å².